The fraction of sp³-hybridized carbons (Fsp3) is 0.261. The molecule has 29 heavy (non-hydrogen) atoms. The molecule has 1 saturated heterocycles. The standard InChI is InChI=1S/C23H23ClN4O/c24-20-11-9-18(10-12-20)21(17-6-2-1-3-7-17)27-22(29)19-8-4-15-28(16-19)23-25-13-5-14-26-23/h1-3,5-7,9-14,19,21H,4,8,15-16H2,(H,27,29). The molecule has 3 aromatic rings. The second kappa shape index (κ2) is 9.05. The van der Waals surface area contributed by atoms with Crippen molar-refractivity contribution in [3.8, 4) is 0 Å². The van der Waals surface area contributed by atoms with Crippen LogP contribution in [0.1, 0.15) is 30.0 Å². The van der Waals surface area contributed by atoms with Crippen LogP contribution in [0.25, 0.3) is 0 Å². The summed E-state index contributed by atoms with van der Waals surface area (Å²) >= 11 is 6.06. The second-order valence-corrected chi connectivity index (χ2v) is 7.67. The van der Waals surface area contributed by atoms with Crippen LogP contribution in [0.2, 0.25) is 5.02 Å². The van der Waals surface area contributed by atoms with Gasteiger partial charge in [-0.1, -0.05) is 54.1 Å². The molecule has 6 heteroatoms. The van der Waals surface area contributed by atoms with Crippen molar-refractivity contribution in [2.45, 2.75) is 18.9 Å². The van der Waals surface area contributed by atoms with Gasteiger partial charge in [0.1, 0.15) is 0 Å². The summed E-state index contributed by atoms with van der Waals surface area (Å²) < 4.78 is 0. The van der Waals surface area contributed by atoms with Gasteiger partial charge in [-0.05, 0) is 42.2 Å². The van der Waals surface area contributed by atoms with Gasteiger partial charge in [0, 0.05) is 30.5 Å². The van der Waals surface area contributed by atoms with E-state index in [9.17, 15) is 4.79 Å². The molecule has 4 rings (SSSR count). The van der Waals surface area contributed by atoms with E-state index in [0.717, 1.165) is 30.5 Å². The SMILES string of the molecule is O=C(NC(c1ccccc1)c1ccc(Cl)cc1)C1CCCN(c2ncccn2)C1. The van der Waals surface area contributed by atoms with Crippen molar-refractivity contribution >= 4 is 23.5 Å². The first-order chi connectivity index (χ1) is 14.2. The third-order valence-electron chi connectivity index (χ3n) is 5.25. The zero-order valence-corrected chi connectivity index (χ0v) is 16.8. The number of aromatic nitrogens is 2. The summed E-state index contributed by atoms with van der Waals surface area (Å²) in [6.45, 7) is 1.49. The van der Waals surface area contributed by atoms with Crippen molar-refractivity contribution in [2.24, 2.45) is 5.92 Å². The number of nitrogens with one attached hydrogen (secondary N) is 1. The number of rotatable bonds is 5. The van der Waals surface area contributed by atoms with Crippen LogP contribution in [0.3, 0.4) is 0 Å². The molecule has 0 spiro atoms. The van der Waals surface area contributed by atoms with Gasteiger partial charge in [0.2, 0.25) is 11.9 Å². The Bertz CT molecular complexity index is 934. The van der Waals surface area contributed by atoms with Crippen LogP contribution in [0.15, 0.2) is 73.1 Å². The van der Waals surface area contributed by atoms with Gasteiger partial charge in [0.25, 0.3) is 0 Å². The third-order valence-corrected chi connectivity index (χ3v) is 5.50. The van der Waals surface area contributed by atoms with E-state index in [1.807, 2.05) is 54.6 Å². The van der Waals surface area contributed by atoms with E-state index in [-0.39, 0.29) is 17.9 Å². The van der Waals surface area contributed by atoms with Crippen LogP contribution in [-0.4, -0.2) is 29.0 Å². The molecule has 2 unspecified atom stereocenters. The first-order valence-electron chi connectivity index (χ1n) is 9.83. The number of anilines is 1. The lowest BCUT2D eigenvalue weighted by Gasteiger charge is -2.33. The molecule has 1 aliphatic rings. The second-order valence-electron chi connectivity index (χ2n) is 7.24. The Balaban J connectivity index is 1.52. The zero-order valence-electron chi connectivity index (χ0n) is 16.0. The molecule has 0 radical (unpaired) electrons. The van der Waals surface area contributed by atoms with E-state index >= 15 is 0 Å². The predicted molar refractivity (Wildman–Crippen MR) is 115 cm³/mol. The average molecular weight is 407 g/mol. The van der Waals surface area contributed by atoms with Crippen LogP contribution in [0.4, 0.5) is 5.95 Å². The lowest BCUT2D eigenvalue weighted by atomic mass is 9.94. The number of carbonyl (C=O) groups excluding carboxylic acids is 1. The van der Waals surface area contributed by atoms with E-state index in [4.69, 9.17) is 11.6 Å². The highest BCUT2D eigenvalue weighted by Crippen LogP contribution is 2.26. The maximum Gasteiger partial charge on any atom is 0.225 e. The minimum absolute atomic E-state index is 0.0504. The number of piperidine rings is 1. The minimum Gasteiger partial charge on any atom is -0.345 e. The zero-order chi connectivity index (χ0) is 20.1. The van der Waals surface area contributed by atoms with Crippen molar-refractivity contribution in [3.05, 3.63) is 89.2 Å². The van der Waals surface area contributed by atoms with Gasteiger partial charge in [-0.2, -0.15) is 0 Å². The summed E-state index contributed by atoms with van der Waals surface area (Å²) in [5.74, 6) is 0.628. The Labute approximate surface area is 175 Å². The molecule has 2 atom stereocenters. The lowest BCUT2D eigenvalue weighted by molar-refractivity contribution is -0.125. The normalized spacial score (nSPS) is 17.6. The first-order valence-corrected chi connectivity index (χ1v) is 10.2. The van der Waals surface area contributed by atoms with E-state index in [1.165, 1.54) is 0 Å². The highest BCUT2D eigenvalue weighted by molar-refractivity contribution is 6.30. The number of halogens is 1. The molecule has 1 aromatic heterocycles. The Morgan fingerprint density at radius 2 is 1.69 bits per heavy atom. The highest BCUT2D eigenvalue weighted by atomic mass is 35.5. The molecule has 0 aliphatic carbocycles. The maximum atomic E-state index is 13.2. The quantitative estimate of drug-likeness (QED) is 0.688. The Kier molecular flexibility index (Phi) is 6.06. The smallest absolute Gasteiger partial charge is 0.225 e. The molecule has 1 amide bonds. The fourth-order valence-corrected chi connectivity index (χ4v) is 3.87. The van der Waals surface area contributed by atoms with Gasteiger partial charge < -0.3 is 10.2 Å². The molecule has 5 nitrogen and oxygen atoms in total. The van der Waals surface area contributed by atoms with E-state index in [0.29, 0.717) is 17.5 Å². The molecule has 1 aliphatic heterocycles. The van der Waals surface area contributed by atoms with Crippen LogP contribution in [0.5, 0.6) is 0 Å². The molecule has 2 heterocycles. The molecule has 148 valence electrons. The maximum absolute atomic E-state index is 13.2. The monoisotopic (exact) mass is 406 g/mol. The topological polar surface area (TPSA) is 58.1 Å². The third kappa shape index (κ3) is 4.74. The Morgan fingerprint density at radius 1 is 1.00 bits per heavy atom. The summed E-state index contributed by atoms with van der Waals surface area (Å²) in [4.78, 5) is 23.9. The van der Waals surface area contributed by atoms with Gasteiger partial charge in [-0.15, -0.1) is 0 Å². The number of carbonyl (C=O) groups is 1. The summed E-state index contributed by atoms with van der Waals surface area (Å²) in [5, 5.41) is 3.94. The van der Waals surface area contributed by atoms with Crippen molar-refractivity contribution in [1.29, 1.82) is 0 Å². The van der Waals surface area contributed by atoms with Crippen LogP contribution in [0, 0.1) is 5.92 Å². The van der Waals surface area contributed by atoms with Crippen molar-refractivity contribution in [3.63, 3.8) is 0 Å². The summed E-state index contributed by atoms with van der Waals surface area (Å²) in [7, 11) is 0. The van der Waals surface area contributed by atoms with E-state index in [2.05, 4.69) is 20.2 Å². The van der Waals surface area contributed by atoms with Gasteiger partial charge in [0.15, 0.2) is 0 Å². The highest BCUT2D eigenvalue weighted by Gasteiger charge is 2.29. The summed E-state index contributed by atoms with van der Waals surface area (Å²) in [6.07, 6.45) is 5.26. The Morgan fingerprint density at radius 3 is 2.41 bits per heavy atom. The molecule has 0 saturated carbocycles. The van der Waals surface area contributed by atoms with Crippen LogP contribution in [-0.2, 0) is 4.79 Å². The number of benzene rings is 2. The average Bonchev–Trinajstić information content (AvgIpc) is 2.79. The summed E-state index contributed by atoms with van der Waals surface area (Å²) in [5.41, 5.74) is 2.05. The molecule has 1 fully saturated rings. The molecule has 0 bridgehead atoms. The number of hydrogen-bond donors (Lipinski definition) is 1. The molecule has 1 N–H and O–H groups in total. The Hall–Kier alpha value is -2.92. The first kappa shape index (κ1) is 19.4. The van der Waals surface area contributed by atoms with Crippen LogP contribution >= 0.6 is 11.6 Å². The van der Waals surface area contributed by atoms with Gasteiger partial charge in [0.05, 0.1) is 12.0 Å². The number of hydrogen-bond acceptors (Lipinski definition) is 4. The minimum atomic E-state index is -0.218. The number of amides is 1. The van der Waals surface area contributed by atoms with Crippen LogP contribution < -0.4 is 10.2 Å². The fourth-order valence-electron chi connectivity index (χ4n) is 3.75. The van der Waals surface area contributed by atoms with Crippen molar-refractivity contribution in [2.75, 3.05) is 18.0 Å². The van der Waals surface area contributed by atoms with E-state index < -0.39 is 0 Å². The molecular formula is C23H23ClN4O. The van der Waals surface area contributed by atoms with Gasteiger partial charge >= 0.3 is 0 Å². The lowest BCUT2D eigenvalue weighted by Crippen LogP contribution is -2.44. The van der Waals surface area contributed by atoms with Gasteiger partial charge in [-0.25, -0.2) is 9.97 Å². The summed E-state index contributed by atoms with van der Waals surface area (Å²) in [6, 6.07) is 19.2. The molecular weight excluding hydrogens is 384 g/mol. The molecule has 2 aromatic carbocycles. The van der Waals surface area contributed by atoms with E-state index in [1.54, 1.807) is 18.5 Å². The van der Waals surface area contributed by atoms with Crippen molar-refractivity contribution in [1.82, 2.24) is 15.3 Å². The van der Waals surface area contributed by atoms with Crippen molar-refractivity contribution < 1.29 is 4.79 Å². The number of nitrogens with zero attached hydrogens (tertiary/aromatic N) is 3. The van der Waals surface area contributed by atoms with Gasteiger partial charge in [-0.3, -0.25) is 4.79 Å². The predicted octanol–water partition coefficient (Wildman–Crippen LogP) is 4.25. The largest absolute Gasteiger partial charge is 0.345 e.